The van der Waals surface area contributed by atoms with Crippen molar-refractivity contribution in [2.75, 3.05) is 6.54 Å². The highest BCUT2D eigenvalue weighted by atomic mass is 35.5. The third-order valence-corrected chi connectivity index (χ3v) is 5.17. The van der Waals surface area contributed by atoms with Crippen LogP contribution in [0.4, 0.5) is 0 Å². The van der Waals surface area contributed by atoms with Crippen LogP contribution >= 0.6 is 11.6 Å². The van der Waals surface area contributed by atoms with E-state index in [4.69, 9.17) is 11.6 Å². The van der Waals surface area contributed by atoms with Crippen LogP contribution in [0.5, 0.6) is 0 Å². The maximum atomic E-state index is 12.8. The largest absolute Gasteiger partial charge is 0.354 e. The van der Waals surface area contributed by atoms with E-state index in [0.717, 1.165) is 17.9 Å². The number of carbonyl (C=O) groups excluding carboxylic acids is 2. The number of carbonyl (C=O) groups is 2. The van der Waals surface area contributed by atoms with E-state index in [1.165, 1.54) is 0 Å². The number of amides is 2. The molecule has 0 spiro atoms. The van der Waals surface area contributed by atoms with E-state index < -0.39 is 6.04 Å². The topological polar surface area (TPSA) is 88.4 Å². The Morgan fingerprint density at radius 3 is 2.62 bits per heavy atom. The summed E-state index contributed by atoms with van der Waals surface area (Å²) in [6, 6.07) is 11.6. The molecular formula is C21H24ClN5O2. The van der Waals surface area contributed by atoms with Gasteiger partial charge in [0.25, 0.3) is 5.91 Å². The van der Waals surface area contributed by atoms with Crippen LogP contribution in [0.1, 0.15) is 36.5 Å². The highest BCUT2D eigenvalue weighted by Gasteiger charge is 2.26. The van der Waals surface area contributed by atoms with Gasteiger partial charge in [0.1, 0.15) is 11.9 Å². The van der Waals surface area contributed by atoms with Crippen molar-refractivity contribution < 1.29 is 9.59 Å². The van der Waals surface area contributed by atoms with Crippen LogP contribution in [0.3, 0.4) is 0 Å². The van der Waals surface area contributed by atoms with E-state index in [0.29, 0.717) is 23.6 Å². The number of aromatic nitrogens is 3. The summed E-state index contributed by atoms with van der Waals surface area (Å²) in [5.41, 5.74) is 1.23. The first-order chi connectivity index (χ1) is 14.0. The van der Waals surface area contributed by atoms with Crippen LogP contribution in [-0.4, -0.2) is 39.0 Å². The maximum absolute atomic E-state index is 12.8. The zero-order valence-electron chi connectivity index (χ0n) is 16.4. The molecule has 0 bridgehead atoms. The summed E-state index contributed by atoms with van der Waals surface area (Å²) in [6.45, 7) is 4.33. The minimum Gasteiger partial charge on any atom is -0.354 e. The number of benzene rings is 1. The summed E-state index contributed by atoms with van der Waals surface area (Å²) in [5, 5.41) is 14.6. The molecule has 0 radical (unpaired) electrons. The van der Waals surface area contributed by atoms with Crippen LogP contribution in [0.2, 0.25) is 5.02 Å². The summed E-state index contributed by atoms with van der Waals surface area (Å²) in [4.78, 5) is 25.3. The van der Waals surface area contributed by atoms with Gasteiger partial charge < -0.3 is 10.6 Å². The SMILES string of the molecule is CCC(C)C(NC(=O)c1ccc(Cl)cc1)C(=O)NCCc1nnc2ccccn12. The smallest absolute Gasteiger partial charge is 0.251 e. The van der Waals surface area contributed by atoms with Crippen molar-refractivity contribution >= 4 is 29.1 Å². The Morgan fingerprint density at radius 2 is 1.90 bits per heavy atom. The lowest BCUT2D eigenvalue weighted by Crippen LogP contribution is -2.50. The van der Waals surface area contributed by atoms with Crippen molar-refractivity contribution in [3.8, 4) is 0 Å². The third kappa shape index (κ3) is 5.12. The highest BCUT2D eigenvalue weighted by Crippen LogP contribution is 2.12. The molecule has 7 nitrogen and oxygen atoms in total. The normalized spacial score (nSPS) is 13.1. The minimum absolute atomic E-state index is 0.0137. The van der Waals surface area contributed by atoms with E-state index >= 15 is 0 Å². The Hall–Kier alpha value is -2.93. The molecule has 2 aromatic heterocycles. The summed E-state index contributed by atoms with van der Waals surface area (Å²) >= 11 is 5.87. The highest BCUT2D eigenvalue weighted by molar-refractivity contribution is 6.30. The molecule has 0 aliphatic rings. The van der Waals surface area contributed by atoms with Gasteiger partial charge in [0.15, 0.2) is 5.65 Å². The summed E-state index contributed by atoms with van der Waals surface area (Å²) in [6.07, 6.45) is 3.18. The Labute approximate surface area is 174 Å². The average molecular weight is 414 g/mol. The van der Waals surface area contributed by atoms with E-state index in [-0.39, 0.29) is 17.7 Å². The van der Waals surface area contributed by atoms with Crippen LogP contribution in [0, 0.1) is 5.92 Å². The van der Waals surface area contributed by atoms with Gasteiger partial charge in [0.2, 0.25) is 5.91 Å². The van der Waals surface area contributed by atoms with Crippen LogP contribution < -0.4 is 10.6 Å². The zero-order chi connectivity index (χ0) is 20.8. The minimum atomic E-state index is -0.627. The Kier molecular flexibility index (Phi) is 6.82. The molecule has 0 aliphatic carbocycles. The van der Waals surface area contributed by atoms with E-state index in [1.807, 2.05) is 42.6 Å². The first-order valence-corrected chi connectivity index (χ1v) is 10.00. The van der Waals surface area contributed by atoms with Gasteiger partial charge in [0.05, 0.1) is 0 Å². The predicted octanol–water partition coefficient (Wildman–Crippen LogP) is 2.89. The van der Waals surface area contributed by atoms with Gasteiger partial charge >= 0.3 is 0 Å². The number of hydrogen-bond donors (Lipinski definition) is 2. The van der Waals surface area contributed by atoms with Crippen molar-refractivity contribution in [3.63, 3.8) is 0 Å². The summed E-state index contributed by atoms with van der Waals surface area (Å²) < 4.78 is 1.89. The molecule has 1 aromatic carbocycles. The first kappa shape index (κ1) is 20.8. The lowest BCUT2D eigenvalue weighted by atomic mass is 9.97. The third-order valence-electron chi connectivity index (χ3n) is 4.92. The molecule has 2 atom stereocenters. The second kappa shape index (κ2) is 9.52. The first-order valence-electron chi connectivity index (χ1n) is 9.62. The number of nitrogens with zero attached hydrogens (tertiary/aromatic N) is 3. The van der Waals surface area contributed by atoms with Gasteiger partial charge in [-0.1, -0.05) is 37.9 Å². The van der Waals surface area contributed by atoms with Crippen LogP contribution in [0.15, 0.2) is 48.7 Å². The number of nitrogens with one attached hydrogen (secondary N) is 2. The van der Waals surface area contributed by atoms with Crippen molar-refractivity contribution in [1.82, 2.24) is 25.2 Å². The lowest BCUT2D eigenvalue weighted by Gasteiger charge is -2.23. The fourth-order valence-corrected chi connectivity index (χ4v) is 3.12. The van der Waals surface area contributed by atoms with Gasteiger partial charge in [-0.25, -0.2) is 0 Å². The van der Waals surface area contributed by atoms with Gasteiger partial charge in [0, 0.05) is 29.7 Å². The quantitative estimate of drug-likeness (QED) is 0.594. The van der Waals surface area contributed by atoms with Crippen molar-refractivity contribution in [2.24, 2.45) is 5.92 Å². The molecule has 2 amide bonds. The fourth-order valence-electron chi connectivity index (χ4n) is 3.00. The Bertz CT molecular complexity index is 986. The van der Waals surface area contributed by atoms with E-state index in [9.17, 15) is 9.59 Å². The monoisotopic (exact) mass is 413 g/mol. The number of hydrogen-bond acceptors (Lipinski definition) is 4. The van der Waals surface area contributed by atoms with Crippen molar-refractivity contribution in [3.05, 3.63) is 65.1 Å². The number of halogens is 1. The lowest BCUT2D eigenvalue weighted by molar-refractivity contribution is -0.124. The van der Waals surface area contributed by atoms with Gasteiger partial charge in [-0.05, 0) is 42.3 Å². The molecule has 0 aliphatic heterocycles. The Morgan fingerprint density at radius 1 is 1.14 bits per heavy atom. The number of pyridine rings is 1. The molecule has 3 rings (SSSR count). The van der Waals surface area contributed by atoms with Crippen LogP contribution in [-0.2, 0) is 11.2 Å². The van der Waals surface area contributed by atoms with Crippen molar-refractivity contribution in [1.29, 1.82) is 0 Å². The van der Waals surface area contributed by atoms with E-state index in [2.05, 4.69) is 20.8 Å². The molecular weight excluding hydrogens is 390 g/mol. The van der Waals surface area contributed by atoms with Crippen LogP contribution in [0.25, 0.3) is 5.65 Å². The van der Waals surface area contributed by atoms with Gasteiger partial charge in [-0.15, -0.1) is 10.2 Å². The molecule has 2 heterocycles. The summed E-state index contributed by atoms with van der Waals surface area (Å²) in [5.74, 6) is 0.243. The molecule has 0 fully saturated rings. The molecule has 3 aromatic rings. The number of fused-ring (bicyclic) bond motifs is 1. The summed E-state index contributed by atoms with van der Waals surface area (Å²) in [7, 11) is 0. The molecule has 8 heteroatoms. The second-order valence-corrected chi connectivity index (χ2v) is 7.37. The van der Waals surface area contributed by atoms with Crippen molar-refractivity contribution in [2.45, 2.75) is 32.7 Å². The molecule has 0 saturated carbocycles. The number of rotatable bonds is 8. The van der Waals surface area contributed by atoms with Gasteiger partial charge in [-0.3, -0.25) is 14.0 Å². The standard InChI is InChI=1S/C21H24ClN5O2/c1-3-14(2)19(24-20(28)15-7-9-16(22)10-8-15)21(29)23-12-11-18-26-25-17-6-4-5-13-27(17)18/h4-10,13-14,19H,3,11-12H2,1-2H3,(H,23,29)(H,24,28). The molecule has 2 N–H and O–H groups in total. The molecule has 0 saturated heterocycles. The maximum Gasteiger partial charge on any atom is 0.251 e. The Balaban J connectivity index is 1.61. The predicted molar refractivity (Wildman–Crippen MR) is 112 cm³/mol. The molecule has 152 valence electrons. The second-order valence-electron chi connectivity index (χ2n) is 6.93. The zero-order valence-corrected chi connectivity index (χ0v) is 17.2. The van der Waals surface area contributed by atoms with Gasteiger partial charge in [-0.2, -0.15) is 0 Å². The van der Waals surface area contributed by atoms with E-state index in [1.54, 1.807) is 24.3 Å². The fraction of sp³-hybridized carbons (Fsp3) is 0.333. The molecule has 2 unspecified atom stereocenters. The molecule has 29 heavy (non-hydrogen) atoms. The average Bonchev–Trinajstić information content (AvgIpc) is 3.15.